The third-order valence-corrected chi connectivity index (χ3v) is 1.59. The predicted molar refractivity (Wildman–Crippen MR) is 57.6 cm³/mol. The summed E-state index contributed by atoms with van der Waals surface area (Å²) in [7, 11) is 0. The van der Waals surface area contributed by atoms with Crippen LogP contribution >= 0.6 is 0 Å². The van der Waals surface area contributed by atoms with Gasteiger partial charge in [-0.25, -0.2) is 0 Å². The Bertz CT molecular complexity index is 178. The summed E-state index contributed by atoms with van der Waals surface area (Å²) in [5.41, 5.74) is 0. The highest BCUT2D eigenvalue weighted by molar-refractivity contribution is 5.49. The lowest BCUT2D eigenvalue weighted by molar-refractivity contribution is -0.107. The van der Waals surface area contributed by atoms with Crippen LogP contribution in [0, 0.1) is 0 Å². The van der Waals surface area contributed by atoms with Crippen molar-refractivity contribution in [3.63, 3.8) is 0 Å². The second-order valence-corrected chi connectivity index (χ2v) is 2.79. The van der Waals surface area contributed by atoms with Crippen molar-refractivity contribution in [2.24, 2.45) is 0 Å². The van der Waals surface area contributed by atoms with Crippen LogP contribution < -0.4 is 0 Å². The van der Waals surface area contributed by atoms with Gasteiger partial charge in [-0.2, -0.15) is 0 Å². The number of allylic oxidation sites excluding steroid dienone is 5. The molecule has 0 saturated heterocycles. The molecular weight excluding hydrogens is 160 g/mol. The maximum Gasteiger partial charge on any atom is 0.120 e. The molecule has 0 unspecified atom stereocenters. The fourth-order valence-corrected chi connectivity index (χ4v) is 0.903. The molecule has 0 spiro atoms. The van der Waals surface area contributed by atoms with E-state index in [-0.39, 0.29) is 0 Å². The van der Waals surface area contributed by atoms with Crippen LogP contribution in [0.4, 0.5) is 0 Å². The fraction of sp³-hybridized carbons (Fsp3) is 0.417. The van der Waals surface area contributed by atoms with Gasteiger partial charge >= 0.3 is 0 Å². The lowest BCUT2D eigenvalue weighted by atomic mass is 10.2. The topological polar surface area (TPSA) is 17.1 Å². The minimum Gasteiger partial charge on any atom is -0.303 e. The van der Waals surface area contributed by atoms with Crippen LogP contribution in [0.25, 0.3) is 0 Å². The Morgan fingerprint density at radius 2 is 1.38 bits per heavy atom. The molecule has 0 aromatic heterocycles. The zero-order valence-corrected chi connectivity index (χ0v) is 8.11. The van der Waals surface area contributed by atoms with Gasteiger partial charge in [0, 0.05) is 6.42 Å². The number of hydrogen-bond acceptors (Lipinski definition) is 1. The summed E-state index contributed by atoms with van der Waals surface area (Å²) in [6.07, 6.45) is 15.9. The van der Waals surface area contributed by atoms with Gasteiger partial charge in [-0.15, -0.1) is 6.58 Å². The van der Waals surface area contributed by atoms with Crippen LogP contribution in [-0.2, 0) is 4.79 Å². The molecule has 0 saturated carbocycles. The Morgan fingerprint density at radius 1 is 0.846 bits per heavy atom. The normalized spacial score (nSPS) is 11.1. The number of rotatable bonds is 8. The number of aldehydes is 1. The van der Waals surface area contributed by atoms with Gasteiger partial charge in [0.15, 0.2) is 0 Å². The Balaban J connectivity index is 3.18. The zero-order valence-electron chi connectivity index (χ0n) is 8.11. The molecule has 0 amide bonds. The van der Waals surface area contributed by atoms with Crippen molar-refractivity contribution in [3.8, 4) is 0 Å². The van der Waals surface area contributed by atoms with Crippen LogP contribution in [0.5, 0.6) is 0 Å². The molecule has 0 rings (SSSR count). The van der Waals surface area contributed by atoms with Gasteiger partial charge in [0.25, 0.3) is 0 Å². The van der Waals surface area contributed by atoms with E-state index in [1.54, 1.807) is 0 Å². The number of hydrogen-bond donors (Lipinski definition) is 0. The molecule has 72 valence electrons. The number of unbranched alkanes of at least 4 members (excludes halogenated alkanes) is 2. The lowest BCUT2D eigenvalue weighted by Crippen LogP contribution is -1.71. The van der Waals surface area contributed by atoms with E-state index in [4.69, 9.17) is 0 Å². The van der Waals surface area contributed by atoms with E-state index in [0.717, 1.165) is 32.0 Å². The van der Waals surface area contributed by atoms with Crippen LogP contribution in [0.2, 0.25) is 0 Å². The van der Waals surface area contributed by atoms with E-state index in [1.807, 2.05) is 6.08 Å². The first-order valence-corrected chi connectivity index (χ1v) is 4.76. The maximum absolute atomic E-state index is 9.96. The average molecular weight is 178 g/mol. The van der Waals surface area contributed by atoms with Crippen molar-refractivity contribution in [1.29, 1.82) is 0 Å². The molecule has 0 aliphatic heterocycles. The maximum atomic E-state index is 9.96. The minimum atomic E-state index is 0.642. The van der Waals surface area contributed by atoms with E-state index in [0.29, 0.717) is 6.42 Å². The molecular formula is C12H18O. The van der Waals surface area contributed by atoms with Crippen LogP contribution in [-0.4, -0.2) is 6.29 Å². The van der Waals surface area contributed by atoms with E-state index in [9.17, 15) is 4.79 Å². The van der Waals surface area contributed by atoms with Crippen LogP contribution in [0.1, 0.15) is 32.1 Å². The predicted octanol–water partition coefficient (Wildman–Crippen LogP) is 3.43. The van der Waals surface area contributed by atoms with Crippen molar-refractivity contribution in [3.05, 3.63) is 37.0 Å². The van der Waals surface area contributed by atoms with E-state index in [2.05, 4.69) is 30.9 Å². The van der Waals surface area contributed by atoms with Crippen molar-refractivity contribution < 1.29 is 4.79 Å². The molecule has 0 aromatic carbocycles. The average Bonchev–Trinajstić information content (AvgIpc) is 2.16. The fourth-order valence-electron chi connectivity index (χ4n) is 0.903. The molecule has 1 heteroatoms. The largest absolute Gasteiger partial charge is 0.303 e. The van der Waals surface area contributed by atoms with Crippen molar-refractivity contribution in [2.45, 2.75) is 32.1 Å². The highest BCUT2D eigenvalue weighted by atomic mass is 16.1. The third-order valence-electron chi connectivity index (χ3n) is 1.59. The van der Waals surface area contributed by atoms with Gasteiger partial charge in [-0.1, -0.05) is 30.4 Å². The number of carbonyl (C=O) groups is 1. The lowest BCUT2D eigenvalue weighted by Gasteiger charge is -1.86. The monoisotopic (exact) mass is 178 g/mol. The van der Waals surface area contributed by atoms with Gasteiger partial charge in [0.2, 0.25) is 0 Å². The first kappa shape index (κ1) is 11.9. The summed E-state index contributed by atoms with van der Waals surface area (Å²) < 4.78 is 0. The zero-order chi connectivity index (χ0) is 9.78. The molecule has 0 heterocycles. The first-order valence-electron chi connectivity index (χ1n) is 4.76. The highest BCUT2D eigenvalue weighted by Gasteiger charge is 1.78. The highest BCUT2D eigenvalue weighted by Crippen LogP contribution is 1.96. The molecule has 0 fully saturated rings. The minimum absolute atomic E-state index is 0.642. The van der Waals surface area contributed by atoms with E-state index >= 15 is 0 Å². The summed E-state index contributed by atoms with van der Waals surface area (Å²) in [6.45, 7) is 3.63. The quantitative estimate of drug-likeness (QED) is 0.316. The van der Waals surface area contributed by atoms with E-state index < -0.39 is 0 Å². The van der Waals surface area contributed by atoms with Crippen molar-refractivity contribution in [2.75, 3.05) is 0 Å². The van der Waals surface area contributed by atoms with Gasteiger partial charge in [-0.05, 0) is 25.7 Å². The molecule has 0 aliphatic rings. The SMILES string of the molecule is C=CC/C=C/CC/C=C/CCC=O. The van der Waals surface area contributed by atoms with Crippen LogP contribution in [0.15, 0.2) is 37.0 Å². The standard InChI is InChI=1S/C12H18O/c1-2-3-4-5-6-7-8-9-10-11-12-13/h2,4-5,8-9,12H,1,3,6-7,10-11H2/b5-4+,9-8+. The molecule has 13 heavy (non-hydrogen) atoms. The molecule has 0 bridgehead atoms. The van der Waals surface area contributed by atoms with Gasteiger partial charge < -0.3 is 4.79 Å². The summed E-state index contributed by atoms with van der Waals surface area (Å²) in [6, 6.07) is 0. The van der Waals surface area contributed by atoms with Crippen molar-refractivity contribution >= 4 is 6.29 Å². The van der Waals surface area contributed by atoms with Crippen LogP contribution in [0.3, 0.4) is 0 Å². The Morgan fingerprint density at radius 3 is 1.92 bits per heavy atom. The summed E-state index contributed by atoms with van der Waals surface area (Å²) >= 11 is 0. The number of carbonyl (C=O) groups excluding carboxylic acids is 1. The molecule has 0 radical (unpaired) electrons. The smallest absolute Gasteiger partial charge is 0.120 e. The summed E-state index contributed by atoms with van der Waals surface area (Å²) in [5, 5.41) is 0. The van der Waals surface area contributed by atoms with Gasteiger partial charge in [0.1, 0.15) is 6.29 Å². The summed E-state index contributed by atoms with van der Waals surface area (Å²) in [4.78, 5) is 9.96. The molecule has 1 nitrogen and oxygen atoms in total. The van der Waals surface area contributed by atoms with Gasteiger partial charge in [0.05, 0.1) is 0 Å². The molecule has 0 aromatic rings. The molecule has 0 aliphatic carbocycles. The first-order chi connectivity index (χ1) is 6.41. The Labute approximate surface area is 80.8 Å². The van der Waals surface area contributed by atoms with Gasteiger partial charge in [-0.3, -0.25) is 0 Å². The Hall–Kier alpha value is -1.11. The van der Waals surface area contributed by atoms with Crippen molar-refractivity contribution in [1.82, 2.24) is 0 Å². The molecule has 0 N–H and O–H groups in total. The Kier molecular flexibility index (Phi) is 9.96. The van der Waals surface area contributed by atoms with E-state index in [1.165, 1.54) is 0 Å². The second kappa shape index (κ2) is 10.9. The summed E-state index contributed by atoms with van der Waals surface area (Å²) in [5.74, 6) is 0. The molecule has 0 atom stereocenters. The second-order valence-electron chi connectivity index (χ2n) is 2.79. The third kappa shape index (κ3) is 10.9.